The van der Waals surface area contributed by atoms with Gasteiger partial charge in [-0.1, -0.05) is 6.07 Å². The van der Waals surface area contributed by atoms with Crippen molar-refractivity contribution in [2.75, 3.05) is 19.7 Å². The fraction of sp³-hybridized carbons (Fsp3) is 0.500. The Morgan fingerprint density at radius 3 is 2.83 bits per heavy atom. The van der Waals surface area contributed by atoms with Crippen molar-refractivity contribution in [3.8, 4) is 5.75 Å². The number of aryl methyl sites for hydroxylation is 2. The smallest absolute Gasteiger partial charge is 0.233 e. The molecule has 0 heterocycles. The first-order chi connectivity index (χ1) is 8.79. The standard InChI is InChI=1S/C14H20N2O2/c15-10-14(17)16-7-8-18-13-6-5-11-3-1-2-4-12(11)9-13/h5-6,9H,1-4,7-8,10,15H2,(H,16,17). The van der Waals surface area contributed by atoms with E-state index >= 15 is 0 Å². The maximum atomic E-state index is 10.9. The quantitative estimate of drug-likeness (QED) is 0.765. The second kappa shape index (κ2) is 6.40. The summed E-state index contributed by atoms with van der Waals surface area (Å²) in [6, 6.07) is 6.29. The van der Waals surface area contributed by atoms with Gasteiger partial charge in [-0.3, -0.25) is 4.79 Å². The highest BCUT2D eigenvalue weighted by atomic mass is 16.5. The first-order valence-corrected chi connectivity index (χ1v) is 6.51. The van der Waals surface area contributed by atoms with Crippen molar-refractivity contribution in [2.45, 2.75) is 25.7 Å². The summed E-state index contributed by atoms with van der Waals surface area (Å²) in [5.74, 6) is 0.738. The maximum absolute atomic E-state index is 10.9. The molecule has 0 radical (unpaired) electrons. The van der Waals surface area contributed by atoms with Crippen LogP contribution in [0.2, 0.25) is 0 Å². The van der Waals surface area contributed by atoms with Gasteiger partial charge >= 0.3 is 0 Å². The highest BCUT2D eigenvalue weighted by Crippen LogP contribution is 2.25. The molecular formula is C14H20N2O2. The average Bonchev–Trinajstić information content (AvgIpc) is 2.43. The summed E-state index contributed by atoms with van der Waals surface area (Å²) in [4.78, 5) is 10.9. The molecule has 0 spiro atoms. The van der Waals surface area contributed by atoms with E-state index in [1.807, 2.05) is 6.07 Å². The topological polar surface area (TPSA) is 64.4 Å². The van der Waals surface area contributed by atoms with Crippen LogP contribution in [0.3, 0.4) is 0 Å². The van der Waals surface area contributed by atoms with E-state index in [-0.39, 0.29) is 12.5 Å². The van der Waals surface area contributed by atoms with E-state index in [0.717, 1.165) is 12.2 Å². The number of hydrogen-bond donors (Lipinski definition) is 2. The highest BCUT2D eigenvalue weighted by Gasteiger charge is 2.09. The van der Waals surface area contributed by atoms with Crippen molar-refractivity contribution in [1.29, 1.82) is 0 Å². The lowest BCUT2D eigenvalue weighted by Crippen LogP contribution is -2.33. The van der Waals surface area contributed by atoms with Gasteiger partial charge in [-0.25, -0.2) is 0 Å². The third-order valence-corrected chi connectivity index (χ3v) is 3.20. The molecule has 3 N–H and O–H groups in total. The van der Waals surface area contributed by atoms with E-state index < -0.39 is 0 Å². The van der Waals surface area contributed by atoms with Gasteiger partial charge < -0.3 is 15.8 Å². The molecular weight excluding hydrogens is 228 g/mol. The fourth-order valence-electron chi connectivity index (χ4n) is 2.23. The fourth-order valence-corrected chi connectivity index (χ4v) is 2.23. The molecule has 0 bridgehead atoms. The van der Waals surface area contributed by atoms with E-state index in [0.29, 0.717) is 13.2 Å². The van der Waals surface area contributed by atoms with Crippen LogP contribution in [0.25, 0.3) is 0 Å². The van der Waals surface area contributed by atoms with Gasteiger partial charge in [-0.05, 0) is 48.9 Å². The Morgan fingerprint density at radius 2 is 2.06 bits per heavy atom. The summed E-state index contributed by atoms with van der Waals surface area (Å²) >= 11 is 0. The van der Waals surface area contributed by atoms with Crippen LogP contribution < -0.4 is 15.8 Å². The summed E-state index contributed by atoms with van der Waals surface area (Å²) < 4.78 is 5.61. The summed E-state index contributed by atoms with van der Waals surface area (Å²) in [7, 11) is 0. The first kappa shape index (κ1) is 12.9. The Hall–Kier alpha value is -1.55. The van der Waals surface area contributed by atoms with Crippen LogP contribution in [0.1, 0.15) is 24.0 Å². The van der Waals surface area contributed by atoms with Crippen LogP contribution in [-0.4, -0.2) is 25.6 Å². The van der Waals surface area contributed by atoms with Crippen LogP contribution >= 0.6 is 0 Å². The highest BCUT2D eigenvalue weighted by molar-refractivity contribution is 5.77. The molecule has 0 saturated carbocycles. The lowest BCUT2D eigenvalue weighted by atomic mass is 9.92. The minimum absolute atomic E-state index is 0.0266. The molecule has 0 unspecified atom stereocenters. The van der Waals surface area contributed by atoms with Gasteiger partial charge in [-0.2, -0.15) is 0 Å². The summed E-state index contributed by atoms with van der Waals surface area (Å²) in [5.41, 5.74) is 8.05. The van der Waals surface area contributed by atoms with Gasteiger partial charge in [-0.15, -0.1) is 0 Å². The number of carbonyl (C=O) groups is 1. The third kappa shape index (κ3) is 3.47. The Morgan fingerprint density at radius 1 is 1.28 bits per heavy atom. The molecule has 98 valence electrons. The molecule has 1 aromatic carbocycles. The average molecular weight is 248 g/mol. The first-order valence-electron chi connectivity index (χ1n) is 6.51. The number of benzene rings is 1. The van der Waals surface area contributed by atoms with E-state index in [1.165, 1.54) is 30.4 Å². The Labute approximate surface area is 108 Å². The molecule has 0 atom stereocenters. The number of carbonyl (C=O) groups excluding carboxylic acids is 1. The van der Waals surface area contributed by atoms with E-state index in [1.54, 1.807) is 0 Å². The number of nitrogens with two attached hydrogens (primary N) is 1. The van der Waals surface area contributed by atoms with Gasteiger partial charge in [0, 0.05) is 0 Å². The summed E-state index contributed by atoms with van der Waals surface area (Å²) in [5, 5.41) is 2.68. The van der Waals surface area contributed by atoms with Gasteiger partial charge in [0.2, 0.25) is 5.91 Å². The molecule has 4 nitrogen and oxygen atoms in total. The molecule has 0 aromatic heterocycles. The number of nitrogens with one attached hydrogen (secondary N) is 1. The number of amides is 1. The number of rotatable bonds is 5. The molecule has 1 aromatic rings. The van der Waals surface area contributed by atoms with Crippen molar-refractivity contribution in [2.24, 2.45) is 5.73 Å². The van der Waals surface area contributed by atoms with Gasteiger partial charge in [0.1, 0.15) is 12.4 Å². The van der Waals surface area contributed by atoms with Crippen LogP contribution in [0.5, 0.6) is 5.75 Å². The van der Waals surface area contributed by atoms with Crippen molar-refractivity contribution in [3.05, 3.63) is 29.3 Å². The number of hydrogen-bond acceptors (Lipinski definition) is 3. The molecule has 1 aliphatic rings. The van der Waals surface area contributed by atoms with Gasteiger partial charge in [0.25, 0.3) is 0 Å². The molecule has 0 saturated heterocycles. The van der Waals surface area contributed by atoms with Crippen LogP contribution in [0.15, 0.2) is 18.2 Å². The zero-order valence-electron chi connectivity index (χ0n) is 10.6. The second-order valence-corrected chi connectivity index (χ2v) is 4.54. The van der Waals surface area contributed by atoms with Crippen LogP contribution in [-0.2, 0) is 17.6 Å². The summed E-state index contributed by atoms with van der Waals surface area (Å²) in [6.45, 7) is 0.997. The third-order valence-electron chi connectivity index (χ3n) is 3.20. The monoisotopic (exact) mass is 248 g/mol. The molecule has 1 aliphatic carbocycles. The molecule has 0 fully saturated rings. The van der Waals surface area contributed by atoms with E-state index in [2.05, 4.69) is 17.4 Å². The lowest BCUT2D eigenvalue weighted by molar-refractivity contribution is -0.119. The largest absolute Gasteiger partial charge is 0.492 e. The van der Waals surface area contributed by atoms with Crippen molar-refractivity contribution < 1.29 is 9.53 Å². The number of ether oxygens (including phenoxy) is 1. The molecule has 2 rings (SSSR count). The van der Waals surface area contributed by atoms with Gasteiger partial charge in [0.15, 0.2) is 0 Å². The zero-order chi connectivity index (χ0) is 12.8. The summed E-state index contributed by atoms with van der Waals surface area (Å²) in [6.07, 6.45) is 4.89. The maximum Gasteiger partial charge on any atom is 0.233 e. The Balaban J connectivity index is 1.81. The SMILES string of the molecule is NCC(=O)NCCOc1ccc2c(c1)CCCC2. The molecule has 1 amide bonds. The predicted molar refractivity (Wildman–Crippen MR) is 70.6 cm³/mol. The van der Waals surface area contributed by atoms with Crippen molar-refractivity contribution in [3.63, 3.8) is 0 Å². The molecule has 0 aliphatic heterocycles. The zero-order valence-corrected chi connectivity index (χ0v) is 10.6. The van der Waals surface area contributed by atoms with Crippen molar-refractivity contribution in [1.82, 2.24) is 5.32 Å². The van der Waals surface area contributed by atoms with Crippen molar-refractivity contribution >= 4 is 5.91 Å². The second-order valence-electron chi connectivity index (χ2n) is 4.54. The normalized spacial score (nSPS) is 13.8. The van der Waals surface area contributed by atoms with Crippen LogP contribution in [0.4, 0.5) is 0 Å². The molecule has 18 heavy (non-hydrogen) atoms. The van der Waals surface area contributed by atoms with E-state index in [9.17, 15) is 4.79 Å². The number of fused-ring (bicyclic) bond motifs is 1. The van der Waals surface area contributed by atoms with Gasteiger partial charge in [0.05, 0.1) is 13.1 Å². The Kier molecular flexibility index (Phi) is 4.59. The minimum Gasteiger partial charge on any atom is -0.492 e. The van der Waals surface area contributed by atoms with Crippen LogP contribution in [0, 0.1) is 0 Å². The minimum atomic E-state index is -0.149. The predicted octanol–water partition coefficient (Wildman–Crippen LogP) is 1.02. The van der Waals surface area contributed by atoms with E-state index in [4.69, 9.17) is 10.5 Å². The molecule has 4 heteroatoms. The lowest BCUT2D eigenvalue weighted by Gasteiger charge is -2.16. The Bertz CT molecular complexity index is 418.